The third kappa shape index (κ3) is 3.33. The van der Waals surface area contributed by atoms with Gasteiger partial charge in [-0.3, -0.25) is 0 Å². The van der Waals surface area contributed by atoms with Crippen molar-refractivity contribution in [1.82, 2.24) is 5.32 Å². The summed E-state index contributed by atoms with van der Waals surface area (Å²) in [6.07, 6.45) is 1.80. The van der Waals surface area contributed by atoms with Gasteiger partial charge < -0.3 is 5.32 Å². The largest absolute Gasteiger partial charge is 0.310 e. The van der Waals surface area contributed by atoms with Crippen molar-refractivity contribution in [2.45, 2.75) is 31.3 Å². The van der Waals surface area contributed by atoms with Gasteiger partial charge in [0, 0.05) is 22.6 Å². The molecule has 2 aromatic carbocycles. The molecular formula is C17H16BrF2N. The molecule has 0 heterocycles. The fraction of sp³-hybridized carbons (Fsp3) is 0.294. The molecule has 3 rings (SSSR count). The zero-order chi connectivity index (χ0) is 14.8. The van der Waals surface area contributed by atoms with E-state index in [0.717, 1.165) is 22.9 Å². The number of hydrogen-bond donors (Lipinski definition) is 1. The highest BCUT2D eigenvalue weighted by atomic mass is 79.9. The number of hydrogen-bond acceptors (Lipinski definition) is 1. The first-order valence-corrected chi connectivity index (χ1v) is 7.84. The Balaban J connectivity index is 1.54. The lowest BCUT2D eigenvalue weighted by Gasteiger charge is -2.36. The molecule has 1 fully saturated rings. The number of nitrogens with one attached hydrogen (secondary N) is 1. The van der Waals surface area contributed by atoms with Gasteiger partial charge in [0.1, 0.15) is 11.6 Å². The number of halogens is 3. The monoisotopic (exact) mass is 351 g/mol. The second-order valence-electron chi connectivity index (χ2n) is 5.50. The lowest BCUT2D eigenvalue weighted by Crippen LogP contribution is -2.40. The Morgan fingerprint density at radius 3 is 2.57 bits per heavy atom. The number of rotatable bonds is 4. The molecule has 4 heteroatoms. The zero-order valence-corrected chi connectivity index (χ0v) is 13.0. The van der Waals surface area contributed by atoms with Crippen LogP contribution in [0.3, 0.4) is 0 Å². The maximum Gasteiger partial charge on any atom is 0.127 e. The van der Waals surface area contributed by atoms with Crippen molar-refractivity contribution in [3.8, 4) is 0 Å². The molecule has 1 N–H and O–H groups in total. The van der Waals surface area contributed by atoms with E-state index in [0.29, 0.717) is 18.2 Å². The fourth-order valence-corrected chi connectivity index (χ4v) is 3.19. The molecule has 1 aliphatic rings. The minimum absolute atomic E-state index is 0.126. The van der Waals surface area contributed by atoms with Crippen LogP contribution in [0.15, 0.2) is 46.9 Å². The van der Waals surface area contributed by atoms with Crippen LogP contribution in [-0.4, -0.2) is 6.04 Å². The third-order valence-corrected chi connectivity index (χ3v) is 4.57. The zero-order valence-electron chi connectivity index (χ0n) is 11.5. The van der Waals surface area contributed by atoms with Crippen LogP contribution in [0.5, 0.6) is 0 Å². The predicted molar refractivity (Wildman–Crippen MR) is 83.1 cm³/mol. The van der Waals surface area contributed by atoms with Crippen LogP contribution in [0.25, 0.3) is 0 Å². The first kappa shape index (κ1) is 14.7. The second kappa shape index (κ2) is 6.24. The Labute approximate surface area is 131 Å². The van der Waals surface area contributed by atoms with Gasteiger partial charge in [0.15, 0.2) is 0 Å². The Morgan fingerprint density at radius 2 is 1.81 bits per heavy atom. The van der Waals surface area contributed by atoms with Crippen molar-refractivity contribution < 1.29 is 8.78 Å². The van der Waals surface area contributed by atoms with Gasteiger partial charge in [-0.25, -0.2) is 8.78 Å². The van der Waals surface area contributed by atoms with Gasteiger partial charge in [0.2, 0.25) is 0 Å². The quantitative estimate of drug-likeness (QED) is 0.836. The van der Waals surface area contributed by atoms with Gasteiger partial charge in [0.25, 0.3) is 0 Å². The Kier molecular flexibility index (Phi) is 4.36. The number of benzene rings is 2. The van der Waals surface area contributed by atoms with Crippen molar-refractivity contribution in [1.29, 1.82) is 0 Å². The van der Waals surface area contributed by atoms with Crippen LogP contribution in [0, 0.1) is 11.6 Å². The summed E-state index contributed by atoms with van der Waals surface area (Å²) in [5, 5.41) is 3.34. The van der Waals surface area contributed by atoms with E-state index in [2.05, 4.69) is 21.2 Å². The van der Waals surface area contributed by atoms with Gasteiger partial charge in [-0.2, -0.15) is 0 Å². The lowest BCUT2D eigenvalue weighted by atomic mass is 9.75. The van der Waals surface area contributed by atoms with Crippen molar-refractivity contribution in [3.63, 3.8) is 0 Å². The van der Waals surface area contributed by atoms with Crippen molar-refractivity contribution in [2.24, 2.45) is 0 Å². The molecule has 0 atom stereocenters. The molecular weight excluding hydrogens is 336 g/mol. The minimum Gasteiger partial charge on any atom is -0.310 e. The van der Waals surface area contributed by atoms with E-state index in [1.54, 1.807) is 18.2 Å². The van der Waals surface area contributed by atoms with E-state index in [-0.39, 0.29) is 17.6 Å². The highest BCUT2D eigenvalue weighted by molar-refractivity contribution is 9.10. The summed E-state index contributed by atoms with van der Waals surface area (Å²) in [6.45, 7) is 0.500. The SMILES string of the molecule is Fc1ccc(Br)cc1CNC1CC(c2ccccc2F)C1. The Morgan fingerprint density at radius 1 is 1.05 bits per heavy atom. The summed E-state index contributed by atoms with van der Waals surface area (Å²) in [7, 11) is 0. The highest BCUT2D eigenvalue weighted by Crippen LogP contribution is 2.38. The van der Waals surface area contributed by atoms with E-state index in [1.807, 2.05) is 12.1 Å². The summed E-state index contributed by atoms with van der Waals surface area (Å²) in [6, 6.07) is 12.2. The molecule has 0 spiro atoms. The summed E-state index contributed by atoms with van der Waals surface area (Å²) in [5.74, 6) is -0.0503. The van der Waals surface area contributed by atoms with E-state index in [1.165, 1.54) is 12.1 Å². The standard InChI is InChI=1S/C17H16BrF2N/c18-13-5-6-16(19)12(7-13)10-21-14-8-11(9-14)15-3-1-2-4-17(15)20/h1-7,11,14,21H,8-10H2. The van der Waals surface area contributed by atoms with E-state index >= 15 is 0 Å². The fourth-order valence-electron chi connectivity index (χ4n) is 2.78. The summed E-state index contributed by atoms with van der Waals surface area (Å²) >= 11 is 3.35. The van der Waals surface area contributed by atoms with E-state index in [4.69, 9.17) is 0 Å². The van der Waals surface area contributed by atoms with E-state index < -0.39 is 0 Å². The van der Waals surface area contributed by atoms with Crippen LogP contribution in [0.2, 0.25) is 0 Å². The smallest absolute Gasteiger partial charge is 0.127 e. The molecule has 0 aliphatic heterocycles. The van der Waals surface area contributed by atoms with Gasteiger partial charge in [-0.1, -0.05) is 34.1 Å². The van der Waals surface area contributed by atoms with Crippen molar-refractivity contribution >= 4 is 15.9 Å². The molecule has 0 bridgehead atoms. The summed E-state index contributed by atoms with van der Waals surface area (Å²) in [4.78, 5) is 0. The molecule has 1 nitrogen and oxygen atoms in total. The van der Waals surface area contributed by atoms with Gasteiger partial charge in [0.05, 0.1) is 0 Å². The molecule has 0 unspecified atom stereocenters. The molecule has 1 saturated carbocycles. The molecule has 0 saturated heterocycles. The van der Waals surface area contributed by atoms with Crippen molar-refractivity contribution in [3.05, 3.63) is 69.7 Å². The minimum atomic E-state index is -0.198. The molecule has 2 aromatic rings. The highest BCUT2D eigenvalue weighted by Gasteiger charge is 2.31. The van der Waals surface area contributed by atoms with Crippen LogP contribution in [0.4, 0.5) is 8.78 Å². The maximum absolute atomic E-state index is 13.7. The van der Waals surface area contributed by atoms with Gasteiger partial charge >= 0.3 is 0 Å². The Bertz CT molecular complexity index is 638. The molecule has 21 heavy (non-hydrogen) atoms. The first-order chi connectivity index (χ1) is 10.1. The predicted octanol–water partition coefficient (Wildman–Crippen LogP) is 4.76. The second-order valence-corrected chi connectivity index (χ2v) is 6.42. The average Bonchev–Trinajstić information content (AvgIpc) is 2.42. The van der Waals surface area contributed by atoms with Crippen LogP contribution in [0.1, 0.15) is 29.9 Å². The molecule has 0 radical (unpaired) electrons. The first-order valence-electron chi connectivity index (χ1n) is 7.05. The van der Waals surface area contributed by atoms with E-state index in [9.17, 15) is 8.78 Å². The lowest BCUT2D eigenvalue weighted by molar-refractivity contribution is 0.283. The summed E-state index contributed by atoms with van der Waals surface area (Å²) < 4.78 is 28.2. The third-order valence-electron chi connectivity index (χ3n) is 4.07. The topological polar surface area (TPSA) is 12.0 Å². The maximum atomic E-state index is 13.7. The molecule has 1 aliphatic carbocycles. The Hall–Kier alpha value is -1.26. The van der Waals surface area contributed by atoms with Crippen molar-refractivity contribution in [2.75, 3.05) is 0 Å². The average molecular weight is 352 g/mol. The van der Waals surface area contributed by atoms with Crippen LogP contribution < -0.4 is 5.32 Å². The van der Waals surface area contributed by atoms with Crippen LogP contribution in [-0.2, 0) is 6.54 Å². The normalized spacial score (nSPS) is 21.1. The summed E-state index contributed by atoms with van der Waals surface area (Å²) in [5.41, 5.74) is 1.45. The molecule has 0 amide bonds. The van der Waals surface area contributed by atoms with Gasteiger partial charge in [-0.05, 0) is 48.6 Å². The van der Waals surface area contributed by atoms with Gasteiger partial charge in [-0.15, -0.1) is 0 Å². The molecule has 110 valence electrons. The van der Waals surface area contributed by atoms with Crippen LogP contribution >= 0.6 is 15.9 Å². The molecule has 0 aromatic heterocycles.